The van der Waals surface area contributed by atoms with Crippen molar-refractivity contribution in [2.24, 2.45) is 0 Å². The van der Waals surface area contributed by atoms with Gasteiger partial charge in [-0.15, -0.1) is 0 Å². The second kappa shape index (κ2) is 6.53. The summed E-state index contributed by atoms with van der Waals surface area (Å²) in [5.41, 5.74) is 2.05. The standard InChI is InChI=1S/C17H21ClN4/c1-3-11(2)19-17-21-15(12-7-8-12)10-16(22-17)20-14-6-4-5-13(18)9-14/h4-6,9-12H,3,7-8H2,1-2H3,(H2,19,20,21,22)/t11-/m1/s1. The summed E-state index contributed by atoms with van der Waals surface area (Å²) in [4.78, 5) is 9.23. The van der Waals surface area contributed by atoms with E-state index in [2.05, 4.69) is 34.4 Å². The summed E-state index contributed by atoms with van der Waals surface area (Å²) >= 11 is 6.04. The first kappa shape index (κ1) is 15.1. The molecule has 0 unspecified atom stereocenters. The quantitative estimate of drug-likeness (QED) is 0.790. The first-order valence-corrected chi connectivity index (χ1v) is 8.20. The van der Waals surface area contributed by atoms with Crippen molar-refractivity contribution >= 4 is 29.1 Å². The molecule has 0 spiro atoms. The molecule has 0 amide bonds. The summed E-state index contributed by atoms with van der Waals surface area (Å²) in [6.45, 7) is 4.28. The van der Waals surface area contributed by atoms with Gasteiger partial charge in [-0.05, 0) is 44.4 Å². The molecule has 1 aromatic heterocycles. The summed E-state index contributed by atoms with van der Waals surface area (Å²) in [7, 11) is 0. The Bertz CT molecular complexity index is 655. The van der Waals surface area contributed by atoms with Crippen LogP contribution in [0.15, 0.2) is 30.3 Å². The second-order valence-electron chi connectivity index (χ2n) is 5.86. The van der Waals surface area contributed by atoms with Crippen molar-refractivity contribution in [3.63, 3.8) is 0 Å². The van der Waals surface area contributed by atoms with Gasteiger partial charge in [0.05, 0.1) is 5.69 Å². The number of halogens is 1. The van der Waals surface area contributed by atoms with Crippen molar-refractivity contribution in [1.82, 2.24) is 9.97 Å². The largest absolute Gasteiger partial charge is 0.352 e. The van der Waals surface area contributed by atoms with Gasteiger partial charge in [0.2, 0.25) is 5.95 Å². The van der Waals surface area contributed by atoms with Crippen LogP contribution in [0, 0.1) is 0 Å². The third kappa shape index (κ3) is 3.89. The van der Waals surface area contributed by atoms with Gasteiger partial charge in [-0.25, -0.2) is 4.98 Å². The fourth-order valence-corrected chi connectivity index (χ4v) is 2.41. The Kier molecular flexibility index (Phi) is 4.48. The van der Waals surface area contributed by atoms with E-state index in [4.69, 9.17) is 11.6 Å². The monoisotopic (exact) mass is 316 g/mol. The number of nitrogens with one attached hydrogen (secondary N) is 2. The van der Waals surface area contributed by atoms with Gasteiger partial charge in [0.1, 0.15) is 5.82 Å². The molecule has 0 bridgehead atoms. The molecule has 2 N–H and O–H groups in total. The highest BCUT2D eigenvalue weighted by atomic mass is 35.5. The number of aromatic nitrogens is 2. The molecule has 1 aliphatic carbocycles. The predicted octanol–water partition coefficient (Wildman–Crippen LogP) is 4.96. The van der Waals surface area contributed by atoms with Crippen LogP contribution in [-0.2, 0) is 0 Å². The first-order chi connectivity index (χ1) is 10.6. The van der Waals surface area contributed by atoms with E-state index < -0.39 is 0 Å². The highest BCUT2D eigenvalue weighted by Crippen LogP contribution is 2.40. The SMILES string of the molecule is CC[C@@H](C)Nc1nc(Nc2cccc(Cl)c2)cc(C2CC2)n1. The molecule has 4 nitrogen and oxygen atoms in total. The van der Waals surface area contributed by atoms with Gasteiger partial charge in [0, 0.05) is 28.7 Å². The Morgan fingerprint density at radius 2 is 2.09 bits per heavy atom. The molecule has 116 valence electrons. The zero-order valence-electron chi connectivity index (χ0n) is 12.9. The van der Waals surface area contributed by atoms with Crippen LogP contribution in [0.25, 0.3) is 0 Å². The molecule has 3 rings (SSSR count). The Hall–Kier alpha value is -1.81. The molecule has 1 atom stereocenters. The highest BCUT2D eigenvalue weighted by molar-refractivity contribution is 6.30. The van der Waals surface area contributed by atoms with E-state index in [1.165, 1.54) is 12.8 Å². The van der Waals surface area contributed by atoms with Gasteiger partial charge in [-0.3, -0.25) is 0 Å². The molecule has 22 heavy (non-hydrogen) atoms. The van der Waals surface area contributed by atoms with Gasteiger partial charge < -0.3 is 10.6 Å². The molecule has 1 aliphatic rings. The van der Waals surface area contributed by atoms with Crippen LogP contribution in [0.1, 0.15) is 44.7 Å². The van der Waals surface area contributed by atoms with Gasteiger partial charge in [-0.1, -0.05) is 24.6 Å². The van der Waals surface area contributed by atoms with E-state index in [0.717, 1.165) is 23.6 Å². The molecule has 5 heteroatoms. The van der Waals surface area contributed by atoms with Crippen molar-refractivity contribution in [2.75, 3.05) is 10.6 Å². The molecule has 0 saturated heterocycles. The minimum Gasteiger partial charge on any atom is -0.352 e. The molecule has 1 saturated carbocycles. The summed E-state index contributed by atoms with van der Waals surface area (Å²) in [6.07, 6.45) is 3.47. The third-order valence-corrected chi connectivity index (χ3v) is 4.06. The van der Waals surface area contributed by atoms with Gasteiger partial charge in [0.25, 0.3) is 0 Å². The Morgan fingerprint density at radius 1 is 1.27 bits per heavy atom. The number of rotatable bonds is 6. The van der Waals surface area contributed by atoms with Crippen LogP contribution < -0.4 is 10.6 Å². The second-order valence-corrected chi connectivity index (χ2v) is 6.30. The number of benzene rings is 1. The highest BCUT2D eigenvalue weighted by Gasteiger charge is 2.26. The molecule has 0 radical (unpaired) electrons. The van der Waals surface area contributed by atoms with Gasteiger partial charge in [0.15, 0.2) is 0 Å². The fraction of sp³-hybridized carbons (Fsp3) is 0.412. The smallest absolute Gasteiger partial charge is 0.225 e. The van der Waals surface area contributed by atoms with E-state index in [1.807, 2.05) is 30.3 Å². The van der Waals surface area contributed by atoms with Crippen LogP contribution in [0.5, 0.6) is 0 Å². The van der Waals surface area contributed by atoms with Crippen LogP contribution in [0.4, 0.5) is 17.5 Å². The minimum atomic E-state index is 0.355. The lowest BCUT2D eigenvalue weighted by Crippen LogP contribution is -2.16. The fourth-order valence-electron chi connectivity index (χ4n) is 2.22. The normalized spacial score (nSPS) is 15.4. The molecule has 2 aromatic rings. The lowest BCUT2D eigenvalue weighted by molar-refractivity contribution is 0.750. The summed E-state index contributed by atoms with van der Waals surface area (Å²) in [6, 6.07) is 10.0. The zero-order chi connectivity index (χ0) is 15.5. The molecule has 0 aliphatic heterocycles. The zero-order valence-corrected chi connectivity index (χ0v) is 13.7. The van der Waals surface area contributed by atoms with Crippen molar-refractivity contribution < 1.29 is 0 Å². The average Bonchev–Trinajstić information content (AvgIpc) is 3.31. The van der Waals surface area contributed by atoms with Crippen LogP contribution >= 0.6 is 11.6 Å². The summed E-state index contributed by atoms with van der Waals surface area (Å²) in [5.74, 6) is 2.09. The molecular formula is C17H21ClN4. The average molecular weight is 317 g/mol. The third-order valence-electron chi connectivity index (χ3n) is 3.83. The summed E-state index contributed by atoms with van der Waals surface area (Å²) < 4.78 is 0. The lowest BCUT2D eigenvalue weighted by atomic mass is 10.2. The predicted molar refractivity (Wildman–Crippen MR) is 92.1 cm³/mol. The maximum atomic E-state index is 6.04. The lowest BCUT2D eigenvalue weighted by Gasteiger charge is -2.14. The number of hydrogen-bond acceptors (Lipinski definition) is 4. The van der Waals surface area contributed by atoms with Crippen molar-refractivity contribution in [3.05, 3.63) is 41.0 Å². The maximum Gasteiger partial charge on any atom is 0.225 e. The van der Waals surface area contributed by atoms with Gasteiger partial charge in [-0.2, -0.15) is 4.98 Å². The molecule has 1 aromatic carbocycles. The topological polar surface area (TPSA) is 49.8 Å². The van der Waals surface area contributed by atoms with Crippen molar-refractivity contribution in [2.45, 2.75) is 45.1 Å². The van der Waals surface area contributed by atoms with Crippen LogP contribution in [0.2, 0.25) is 5.02 Å². The van der Waals surface area contributed by atoms with E-state index in [1.54, 1.807) is 0 Å². The van der Waals surface area contributed by atoms with E-state index in [-0.39, 0.29) is 0 Å². The van der Waals surface area contributed by atoms with E-state index in [9.17, 15) is 0 Å². The Morgan fingerprint density at radius 3 is 2.77 bits per heavy atom. The summed E-state index contributed by atoms with van der Waals surface area (Å²) in [5, 5.41) is 7.40. The first-order valence-electron chi connectivity index (χ1n) is 7.82. The van der Waals surface area contributed by atoms with E-state index in [0.29, 0.717) is 22.9 Å². The number of anilines is 3. The Labute approximate surface area is 136 Å². The number of hydrogen-bond donors (Lipinski definition) is 2. The number of nitrogens with zero attached hydrogens (tertiary/aromatic N) is 2. The van der Waals surface area contributed by atoms with Crippen LogP contribution in [-0.4, -0.2) is 16.0 Å². The van der Waals surface area contributed by atoms with Crippen molar-refractivity contribution in [1.29, 1.82) is 0 Å². The molecule has 1 fully saturated rings. The Balaban J connectivity index is 1.85. The molecular weight excluding hydrogens is 296 g/mol. The van der Waals surface area contributed by atoms with Crippen LogP contribution in [0.3, 0.4) is 0 Å². The van der Waals surface area contributed by atoms with Gasteiger partial charge >= 0.3 is 0 Å². The van der Waals surface area contributed by atoms with Crippen molar-refractivity contribution in [3.8, 4) is 0 Å². The minimum absolute atomic E-state index is 0.355. The maximum absolute atomic E-state index is 6.04. The molecule has 1 heterocycles. The van der Waals surface area contributed by atoms with E-state index >= 15 is 0 Å².